The molecule has 0 aliphatic carbocycles. The number of likely N-dealkylation sites (tertiary alicyclic amines) is 1. The molecule has 2 aromatic carbocycles. The zero-order valence-electron chi connectivity index (χ0n) is 20.2. The lowest BCUT2D eigenvalue weighted by molar-refractivity contribution is -0.141. The van der Waals surface area contributed by atoms with E-state index in [9.17, 15) is 27.9 Å². The molecule has 0 radical (unpaired) electrons. The summed E-state index contributed by atoms with van der Waals surface area (Å²) in [5.74, 6) is -0.829. The molecule has 8 nitrogen and oxygen atoms in total. The number of aliphatic hydroxyl groups excluding tert-OH is 1. The topological polar surface area (TPSA) is 121 Å². The van der Waals surface area contributed by atoms with Crippen molar-refractivity contribution in [2.45, 2.75) is 24.7 Å². The molecule has 1 aliphatic heterocycles. The molecule has 1 fully saturated rings. The van der Waals surface area contributed by atoms with E-state index in [4.69, 9.17) is 5.73 Å². The van der Waals surface area contributed by atoms with Gasteiger partial charge in [0.15, 0.2) is 0 Å². The van der Waals surface area contributed by atoms with Crippen molar-refractivity contribution in [3.63, 3.8) is 0 Å². The maximum atomic E-state index is 13.2. The number of para-hydroxylation sites is 2. The van der Waals surface area contributed by atoms with Crippen LogP contribution in [0.15, 0.2) is 72.9 Å². The minimum absolute atomic E-state index is 0.123. The molecule has 2 amide bonds. The number of nitrogens with two attached hydrogens (primary N) is 1. The van der Waals surface area contributed by atoms with Crippen molar-refractivity contribution in [3.05, 3.63) is 89.8 Å². The number of rotatable bonds is 7. The van der Waals surface area contributed by atoms with E-state index in [1.54, 1.807) is 59.5 Å². The molecule has 0 spiro atoms. The van der Waals surface area contributed by atoms with Crippen LogP contribution in [0.25, 0.3) is 6.08 Å². The molecule has 0 saturated carbocycles. The summed E-state index contributed by atoms with van der Waals surface area (Å²) in [5, 5.41) is 15.3. The lowest BCUT2D eigenvalue weighted by Crippen LogP contribution is -2.36. The van der Waals surface area contributed by atoms with Crippen molar-refractivity contribution >= 4 is 35.0 Å². The van der Waals surface area contributed by atoms with Gasteiger partial charge in [-0.05, 0) is 47.9 Å². The molecule has 4 rings (SSSR count). The average molecular weight is 526 g/mol. The molecular weight excluding hydrogens is 499 g/mol. The van der Waals surface area contributed by atoms with Gasteiger partial charge < -0.3 is 21.5 Å². The first-order valence-electron chi connectivity index (χ1n) is 11.8. The second-order valence-corrected chi connectivity index (χ2v) is 8.84. The Labute approximate surface area is 217 Å². The van der Waals surface area contributed by atoms with E-state index in [-0.39, 0.29) is 18.1 Å². The molecule has 2 heterocycles. The number of benzene rings is 2. The normalized spacial score (nSPS) is 16.9. The first-order valence-corrected chi connectivity index (χ1v) is 11.8. The fourth-order valence-corrected chi connectivity index (χ4v) is 4.12. The predicted octanol–water partition coefficient (Wildman–Crippen LogP) is 4.08. The number of hydrogen-bond acceptors (Lipinski definition) is 6. The number of nitrogen functional groups attached to an aromatic ring is 1. The molecule has 0 bridgehead atoms. The van der Waals surface area contributed by atoms with Crippen molar-refractivity contribution in [2.24, 2.45) is 0 Å². The second kappa shape index (κ2) is 11.4. The van der Waals surface area contributed by atoms with Crippen LogP contribution in [-0.4, -0.2) is 46.0 Å². The van der Waals surface area contributed by atoms with Crippen LogP contribution >= 0.6 is 0 Å². The van der Waals surface area contributed by atoms with Crippen LogP contribution < -0.4 is 16.4 Å². The van der Waals surface area contributed by atoms with Crippen LogP contribution in [0.2, 0.25) is 0 Å². The number of carbonyl (C=O) groups is 2. The predicted molar refractivity (Wildman–Crippen MR) is 138 cm³/mol. The van der Waals surface area contributed by atoms with Crippen molar-refractivity contribution in [1.82, 2.24) is 9.88 Å². The highest BCUT2D eigenvalue weighted by molar-refractivity contribution is 6.03. The van der Waals surface area contributed by atoms with Gasteiger partial charge in [0.2, 0.25) is 11.8 Å². The Morgan fingerprint density at radius 2 is 1.82 bits per heavy atom. The van der Waals surface area contributed by atoms with Crippen LogP contribution in [-0.2, 0) is 15.8 Å². The number of amides is 2. The molecule has 1 saturated heterocycles. The fourth-order valence-electron chi connectivity index (χ4n) is 4.12. The molecule has 2 unspecified atom stereocenters. The maximum Gasteiger partial charge on any atom is 0.433 e. The molecule has 2 atom stereocenters. The van der Waals surface area contributed by atoms with Gasteiger partial charge in [0.1, 0.15) is 11.7 Å². The Kier molecular flexibility index (Phi) is 8.08. The van der Waals surface area contributed by atoms with Crippen LogP contribution in [0.5, 0.6) is 0 Å². The quantitative estimate of drug-likeness (QED) is 0.273. The lowest BCUT2D eigenvalue weighted by atomic mass is 10.0. The standard InChI is InChI=1S/C27H26F3N5O3/c28-27(29,30)23-11-10-19(15-32-23)33-26(38)25(35-14-13-20(36)16-35)18-8-5-17(6-9-18)7-12-24(37)34-22-4-2-1-3-21(22)31/h1-12,15,20,25,36H,13-14,16,31H2,(H,33,38)(H,34,37)/b12-7+. The summed E-state index contributed by atoms with van der Waals surface area (Å²) in [7, 11) is 0. The Morgan fingerprint density at radius 3 is 2.42 bits per heavy atom. The zero-order chi connectivity index (χ0) is 27.3. The molecule has 1 aromatic heterocycles. The Morgan fingerprint density at radius 1 is 1.08 bits per heavy atom. The van der Waals surface area contributed by atoms with E-state index in [0.717, 1.165) is 18.3 Å². The number of hydrogen-bond donors (Lipinski definition) is 4. The summed E-state index contributed by atoms with van der Waals surface area (Å²) in [4.78, 5) is 30.7. The average Bonchev–Trinajstić information content (AvgIpc) is 3.30. The van der Waals surface area contributed by atoms with Crippen molar-refractivity contribution in [1.29, 1.82) is 0 Å². The fraction of sp³-hybridized carbons (Fsp3) is 0.222. The van der Waals surface area contributed by atoms with Gasteiger partial charge in [-0.3, -0.25) is 14.5 Å². The number of halogens is 3. The highest BCUT2D eigenvalue weighted by Crippen LogP contribution is 2.30. The number of aromatic nitrogens is 1. The van der Waals surface area contributed by atoms with Crippen LogP contribution in [0.3, 0.4) is 0 Å². The van der Waals surface area contributed by atoms with E-state index < -0.39 is 29.9 Å². The molecule has 38 heavy (non-hydrogen) atoms. The first kappa shape index (κ1) is 26.8. The number of β-amino-alcohol motifs (C(OH)–C–C–N with tert-alkyl or cyclic N) is 1. The number of nitrogens with one attached hydrogen (secondary N) is 2. The van der Waals surface area contributed by atoms with Crippen LogP contribution in [0, 0.1) is 0 Å². The largest absolute Gasteiger partial charge is 0.433 e. The minimum atomic E-state index is -4.58. The van der Waals surface area contributed by atoms with Gasteiger partial charge in [-0.1, -0.05) is 36.4 Å². The van der Waals surface area contributed by atoms with Gasteiger partial charge in [0.05, 0.1) is 29.4 Å². The van der Waals surface area contributed by atoms with Gasteiger partial charge in [-0.15, -0.1) is 0 Å². The second-order valence-electron chi connectivity index (χ2n) is 8.84. The minimum Gasteiger partial charge on any atom is -0.397 e. The highest BCUT2D eigenvalue weighted by Gasteiger charge is 2.34. The van der Waals surface area contributed by atoms with Gasteiger partial charge in [-0.25, -0.2) is 4.98 Å². The van der Waals surface area contributed by atoms with Crippen LogP contribution in [0.1, 0.15) is 29.3 Å². The van der Waals surface area contributed by atoms with Gasteiger partial charge in [0, 0.05) is 19.2 Å². The summed E-state index contributed by atoms with van der Waals surface area (Å²) in [6.07, 6.45) is -0.743. The molecule has 198 valence electrons. The molecular formula is C27H26F3N5O3. The Hall–Kier alpha value is -4.22. The SMILES string of the molecule is Nc1ccccc1NC(=O)/C=C/c1ccc(C(C(=O)Nc2ccc(C(F)(F)F)nc2)N2CCC(O)C2)cc1. The number of carbonyl (C=O) groups excluding carboxylic acids is 2. The van der Waals surface area contributed by atoms with Crippen LogP contribution in [0.4, 0.5) is 30.2 Å². The lowest BCUT2D eigenvalue weighted by Gasteiger charge is -2.27. The van der Waals surface area contributed by atoms with E-state index in [1.165, 1.54) is 6.08 Å². The number of anilines is 3. The van der Waals surface area contributed by atoms with E-state index in [1.807, 2.05) is 0 Å². The molecule has 11 heteroatoms. The molecule has 1 aliphatic rings. The third-order valence-corrected chi connectivity index (χ3v) is 6.03. The highest BCUT2D eigenvalue weighted by atomic mass is 19.4. The smallest absolute Gasteiger partial charge is 0.397 e. The number of alkyl halides is 3. The van der Waals surface area contributed by atoms with E-state index in [0.29, 0.717) is 35.5 Å². The summed E-state index contributed by atoms with van der Waals surface area (Å²) in [6, 6.07) is 15.0. The number of aliphatic hydroxyl groups is 1. The Bertz CT molecular complexity index is 1310. The first-order chi connectivity index (χ1) is 18.1. The van der Waals surface area contributed by atoms with Crippen molar-refractivity contribution < 1.29 is 27.9 Å². The zero-order valence-corrected chi connectivity index (χ0v) is 20.2. The summed E-state index contributed by atoms with van der Waals surface area (Å²) in [5.41, 5.74) is 7.18. The number of pyridine rings is 1. The third-order valence-electron chi connectivity index (χ3n) is 6.03. The summed E-state index contributed by atoms with van der Waals surface area (Å²) >= 11 is 0. The van der Waals surface area contributed by atoms with E-state index in [2.05, 4.69) is 15.6 Å². The van der Waals surface area contributed by atoms with Gasteiger partial charge in [0.25, 0.3) is 0 Å². The van der Waals surface area contributed by atoms with Gasteiger partial charge in [-0.2, -0.15) is 13.2 Å². The van der Waals surface area contributed by atoms with Crippen molar-refractivity contribution in [2.75, 3.05) is 29.5 Å². The van der Waals surface area contributed by atoms with Gasteiger partial charge >= 0.3 is 6.18 Å². The third kappa shape index (κ3) is 6.75. The Balaban J connectivity index is 1.47. The number of nitrogens with zero attached hydrogens (tertiary/aromatic N) is 2. The monoisotopic (exact) mass is 525 g/mol. The molecule has 5 N–H and O–H groups in total. The van der Waals surface area contributed by atoms with E-state index >= 15 is 0 Å². The molecule has 3 aromatic rings. The summed E-state index contributed by atoms with van der Waals surface area (Å²) < 4.78 is 38.4. The van der Waals surface area contributed by atoms with Crippen molar-refractivity contribution in [3.8, 4) is 0 Å². The maximum absolute atomic E-state index is 13.2. The summed E-state index contributed by atoms with van der Waals surface area (Å²) in [6.45, 7) is 0.739.